The molecule has 8 heteroatoms. The molecule has 3 N–H and O–H groups in total. The maximum absolute atomic E-state index is 13.8. The highest BCUT2D eigenvalue weighted by Crippen LogP contribution is 2.18. The molecule has 2 heterocycles. The highest BCUT2D eigenvalue weighted by molar-refractivity contribution is 14.0. The fourth-order valence-corrected chi connectivity index (χ4v) is 3.89. The number of nitrogens with zero attached hydrogens (tertiary/aromatic N) is 2. The summed E-state index contributed by atoms with van der Waals surface area (Å²) in [6.45, 7) is 7.96. The molecule has 2 aliphatic rings. The summed E-state index contributed by atoms with van der Waals surface area (Å²) in [5, 5.41) is 17.0. The van der Waals surface area contributed by atoms with Gasteiger partial charge < -0.3 is 25.4 Å². The Balaban J connectivity index is 0.00000300. The average Bonchev–Trinajstić information content (AvgIpc) is 3.21. The van der Waals surface area contributed by atoms with Crippen molar-refractivity contribution in [1.82, 2.24) is 15.5 Å². The topological polar surface area (TPSA) is 69.1 Å². The standard InChI is InChI=1S/C21H33FN4O2.HI/c1-2-23-21(24-13-20(27)18-5-3-4-6-19(18)22)25-17-7-10-26(11-8-17)14-16-9-12-28-15-16;/h3-6,16-17,20,27H,2,7-15H2,1H3,(H2,23,24,25);1H. The molecule has 0 saturated carbocycles. The second kappa shape index (κ2) is 12.7. The summed E-state index contributed by atoms with van der Waals surface area (Å²) < 4.78 is 19.3. The Hall–Kier alpha value is -0.970. The lowest BCUT2D eigenvalue weighted by Crippen LogP contribution is -2.49. The van der Waals surface area contributed by atoms with Gasteiger partial charge in [0.2, 0.25) is 0 Å². The largest absolute Gasteiger partial charge is 0.386 e. The van der Waals surface area contributed by atoms with E-state index >= 15 is 0 Å². The number of aliphatic hydroxyl groups excluding tert-OH is 1. The van der Waals surface area contributed by atoms with E-state index in [0.717, 1.165) is 52.2 Å². The predicted molar refractivity (Wildman–Crippen MR) is 124 cm³/mol. The average molecular weight is 520 g/mol. The van der Waals surface area contributed by atoms with Gasteiger partial charge >= 0.3 is 0 Å². The van der Waals surface area contributed by atoms with Crippen molar-refractivity contribution in [1.29, 1.82) is 0 Å². The van der Waals surface area contributed by atoms with Crippen molar-refractivity contribution in [2.75, 3.05) is 45.9 Å². The van der Waals surface area contributed by atoms with Crippen molar-refractivity contribution in [2.45, 2.75) is 38.3 Å². The molecule has 2 saturated heterocycles. The van der Waals surface area contributed by atoms with Gasteiger partial charge in [0.15, 0.2) is 5.96 Å². The van der Waals surface area contributed by atoms with E-state index in [2.05, 4.69) is 20.5 Å². The molecule has 0 aliphatic carbocycles. The number of piperidine rings is 1. The summed E-state index contributed by atoms with van der Waals surface area (Å²) in [4.78, 5) is 7.01. The molecule has 164 valence electrons. The smallest absolute Gasteiger partial charge is 0.191 e. The number of nitrogens with one attached hydrogen (secondary N) is 2. The van der Waals surface area contributed by atoms with Gasteiger partial charge in [-0.25, -0.2) is 4.39 Å². The van der Waals surface area contributed by atoms with Crippen LogP contribution in [-0.4, -0.2) is 67.9 Å². The highest BCUT2D eigenvalue weighted by atomic mass is 127. The first-order valence-corrected chi connectivity index (χ1v) is 10.4. The quantitative estimate of drug-likeness (QED) is 0.293. The van der Waals surface area contributed by atoms with E-state index in [9.17, 15) is 9.50 Å². The maximum atomic E-state index is 13.8. The summed E-state index contributed by atoms with van der Waals surface area (Å²) in [5.74, 6) is 0.965. The molecule has 0 aromatic heterocycles. The van der Waals surface area contributed by atoms with E-state index in [1.165, 1.54) is 12.5 Å². The fraction of sp³-hybridized carbons (Fsp3) is 0.667. The van der Waals surface area contributed by atoms with Crippen LogP contribution in [0.5, 0.6) is 0 Å². The number of hydrogen-bond acceptors (Lipinski definition) is 4. The van der Waals surface area contributed by atoms with Crippen LogP contribution in [0.25, 0.3) is 0 Å². The van der Waals surface area contributed by atoms with Crippen LogP contribution in [0, 0.1) is 11.7 Å². The summed E-state index contributed by atoms with van der Waals surface area (Å²) in [6, 6.07) is 6.66. The zero-order chi connectivity index (χ0) is 19.8. The molecule has 29 heavy (non-hydrogen) atoms. The van der Waals surface area contributed by atoms with Gasteiger partial charge in [0.25, 0.3) is 0 Å². The van der Waals surface area contributed by atoms with Gasteiger partial charge in [-0.05, 0) is 38.2 Å². The van der Waals surface area contributed by atoms with Crippen molar-refractivity contribution in [3.8, 4) is 0 Å². The molecule has 6 nitrogen and oxygen atoms in total. The molecule has 2 aliphatic heterocycles. The number of guanidine groups is 1. The molecule has 2 fully saturated rings. The zero-order valence-corrected chi connectivity index (χ0v) is 19.5. The summed E-state index contributed by atoms with van der Waals surface area (Å²) in [7, 11) is 0. The molecule has 0 amide bonds. The number of hydrogen-bond donors (Lipinski definition) is 3. The van der Waals surface area contributed by atoms with Gasteiger partial charge in [0, 0.05) is 44.4 Å². The van der Waals surface area contributed by atoms with E-state index in [-0.39, 0.29) is 36.1 Å². The number of benzene rings is 1. The zero-order valence-electron chi connectivity index (χ0n) is 17.1. The number of ether oxygens (including phenoxy) is 1. The lowest BCUT2D eigenvalue weighted by atomic mass is 10.0. The van der Waals surface area contributed by atoms with Crippen molar-refractivity contribution in [2.24, 2.45) is 10.9 Å². The van der Waals surface area contributed by atoms with Crippen LogP contribution in [0.2, 0.25) is 0 Å². The van der Waals surface area contributed by atoms with Crippen molar-refractivity contribution in [3.05, 3.63) is 35.6 Å². The minimum atomic E-state index is -0.952. The lowest BCUT2D eigenvalue weighted by Gasteiger charge is -2.34. The molecule has 0 radical (unpaired) electrons. The van der Waals surface area contributed by atoms with Gasteiger partial charge in [0.05, 0.1) is 13.2 Å². The third kappa shape index (κ3) is 7.66. The molecule has 1 aromatic rings. The van der Waals surface area contributed by atoms with Crippen molar-refractivity contribution in [3.63, 3.8) is 0 Å². The van der Waals surface area contributed by atoms with Crippen LogP contribution in [0.15, 0.2) is 29.3 Å². The van der Waals surface area contributed by atoms with Crippen LogP contribution in [0.3, 0.4) is 0 Å². The Labute approximate surface area is 190 Å². The third-order valence-electron chi connectivity index (χ3n) is 5.50. The Morgan fingerprint density at radius 1 is 1.31 bits per heavy atom. The Morgan fingerprint density at radius 3 is 2.72 bits per heavy atom. The highest BCUT2D eigenvalue weighted by Gasteiger charge is 2.24. The van der Waals surface area contributed by atoms with Gasteiger partial charge in [0.1, 0.15) is 11.9 Å². The minimum absolute atomic E-state index is 0. The molecule has 3 rings (SSSR count). The van der Waals surface area contributed by atoms with Crippen LogP contribution in [-0.2, 0) is 4.74 Å². The summed E-state index contributed by atoms with van der Waals surface area (Å²) in [6.07, 6.45) is 2.36. The summed E-state index contributed by atoms with van der Waals surface area (Å²) >= 11 is 0. The monoisotopic (exact) mass is 520 g/mol. The van der Waals surface area contributed by atoms with Crippen molar-refractivity contribution < 1.29 is 14.2 Å². The van der Waals surface area contributed by atoms with Crippen LogP contribution >= 0.6 is 24.0 Å². The van der Waals surface area contributed by atoms with Crippen molar-refractivity contribution >= 4 is 29.9 Å². The number of likely N-dealkylation sites (tertiary alicyclic amines) is 1. The minimum Gasteiger partial charge on any atom is -0.386 e. The fourth-order valence-electron chi connectivity index (χ4n) is 3.89. The third-order valence-corrected chi connectivity index (χ3v) is 5.50. The van der Waals surface area contributed by atoms with E-state index in [1.54, 1.807) is 18.2 Å². The van der Waals surface area contributed by atoms with Gasteiger partial charge in [-0.3, -0.25) is 4.99 Å². The summed E-state index contributed by atoms with van der Waals surface area (Å²) in [5.41, 5.74) is 0.284. The van der Waals surface area contributed by atoms with Gasteiger partial charge in [-0.2, -0.15) is 0 Å². The molecule has 0 spiro atoms. The normalized spacial score (nSPS) is 22.2. The first-order valence-electron chi connectivity index (χ1n) is 10.4. The second-order valence-corrected chi connectivity index (χ2v) is 7.71. The Kier molecular flexibility index (Phi) is 10.6. The second-order valence-electron chi connectivity index (χ2n) is 7.71. The number of aliphatic imine (C=N–C) groups is 1. The molecular weight excluding hydrogens is 486 g/mol. The number of aliphatic hydroxyl groups is 1. The maximum Gasteiger partial charge on any atom is 0.191 e. The Morgan fingerprint density at radius 2 is 2.07 bits per heavy atom. The van der Waals surface area contributed by atoms with Gasteiger partial charge in [-0.1, -0.05) is 18.2 Å². The molecule has 0 bridgehead atoms. The first-order chi connectivity index (χ1) is 13.7. The predicted octanol–water partition coefficient (Wildman–Crippen LogP) is 2.53. The first kappa shape index (κ1) is 24.3. The van der Waals surface area contributed by atoms with Crippen LogP contribution in [0.4, 0.5) is 4.39 Å². The molecule has 2 unspecified atom stereocenters. The number of halogens is 2. The molecular formula is C21H34FIN4O2. The lowest BCUT2D eigenvalue weighted by molar-refractivity contribution is 0.150. The molecule has 2 atom stereocenters. The van der Waals surface area contributed by atoms with E-state index in [1.807, 2.05) is 6.92 Å². The number of rotatable bonds is 7. The van der Waals surface area contributed by atoms with E-state index < -0.39 is 11.9 Å². The van der Waals surface area contributed by atoms with E-state index in [0.29, 0.717) is 17.9 Å². The van der Waals surface area contributed by atoms with Gasteiger partial charge in [-0.15, -0.1) is 24.0 Å². The van der Waals surface area contributed by atoms with E-state index in [4.69, 9.17) is 4.74 Å². The molecule has 1 aromatic carbocycles. The SMILES string of the molecule is CCNC(=NCC(O)c1ccccc1F)NC1CCN(CC2CCOC2)CC1.I. The van der Waals surface area contributed by atoms with Crippen LogP contribution in [0.1, 0.15) is 37.9 Å². The Bertz CT molecular complexity index is 635. The van der Waals surface area contributed by atoms with Crippen LogP contribution < -0.4 is 10.6 Å².